The molecule has 10 heterocycles. The number of nitrogens with one attached hydrogen (secondary N) is 1. The van der Waals surface area contributed by atoms with Crippen LogP contribution in [0.5, 0.6) is 63.2 Å². The molecule has 3 N–H and O–H groups in total. The van der Waals surface area contributed by atoms with Gasteiger partial charge in [0.15, 0.2) is 57.5 Å². The maximum Gasteiger partial charge on any atom is 0.335 e. The first kappa shape index (κ1) is 96.5. The third-order valence-corrected chi connectivity index (χ3v) is 29.2. The number of anilines is 1. The van der Waals surface area contributed by atoms with Crippen LogP contribution in [-0.2, 0) is 83.3 Å². The molecule has 1 amide bonds. The highest BCUT2D eigenvalue weighted by Gasteiger charge is 2.56. The third kappa shape index (κ3) is 20.7. The summed E-state index contributed by atoms with van der Waals surface area (Å²) in [7, 11) is 0. The predicted molar refractivity (Wildman–Crippen MR) is 556 cm³/mol. The number of rotatable bonds is 28. The number of fused-ring (bicyclic) bond motifs is 5. The number of nitrogens with zero attached hydrogens (tertiary/aromatic N) is 5. The van der Waals surface area contributed by atoms with Crippen LogP contribution in [0.2, 0.25) is 0 Å². The van der Waals surface area contributed by atoms with Gasteiger partial charge in [-0.2, -0.15) is 0 Å². The van der Waals surface area contributed by atoms with Gasteiger partial charge < -0.3 is 67.6 Å². The van der Waals surface area contributed by atoms with E-state index in [4.69, 9.17) is 67.1 Å². The van der Waals surface area contributed by atoms with Gasteiger partial charge in [0.1, 0.15) is 34.7 Å². The number of Topliss-reactive ketones (excluding diaryl/α,β-unsaturated/α-hetero) is 4. The molecule has 5 aliphatic carbocycles. The number of ether oxygens (including phenoxy) is 11. The summed E-state index contributed by atoms with van der Waals surface area (Å²) in [6.07, 6.45) is 9.60. The van der Waals surface area contributed by atoms with Gasteiger partial charge >= 0.3 is 5.97 Å². The fraction of sp³-hybridized carbons (Fsp3) is 0.254. The lowest BCUT2D eigenvalue weighted by Crippen LogP contribution is -2.28. The maximum absolute atomic E-state index is 13.3. The summed E-state index contributed by atoms with van der Waals surface area (Å²) in [6.45, 7) is 12.1. The van der Waals surface area contributed by atoms with E-state index in [2.05, 4.69) is 79.4 Å². The summed E-state index contributed by atoms with van der Waals surface area (Å²) in [5.41, 5.74) is 20.5. The number of pyridine rings is 5. The summed E-state index contributed by atoms with van der Waals surface area (Å²) in [4.78, 5) is 101. The number of carbonyl (C=O) groups is 6. The number of benzene rings is 10. The fourth-order valence-electron chi connectivity index (χ4n) is 19.9. The third-order valence-electron chi connectivity index (χ3n) is 29.2. The molecule has 5 aromatic heterocycles. The molecule has 147 heavy (non-hydrogen) atoms. The zero-order valence-corrected chi connectivity index (χ0v) is 82.1. The van der Waals surface area contributed by atoms with Gasteiger partial charge in [0.05, 0.1) is 74.3 Å². The molecule has 25 nitrogen and oxygen atoms in total. The minimum absolute atomic E-state index is 0. The second kappa shape index (κ2) is 40.9. The average Bonchev–Trinajstić information content (AvgIpc) is 1.61. The molecule has 15 aromatic rings. The Hall–Kier alpha value is -16.7. The molecule has 0 saturated heterocycles. The molecule has 25 heteroatoms. The maximum atomic E-state index is 13.3. The number of ketones is 4. The molecule has 10 aliphatic rings. The van der Waals surface area contributed by atoms with Crippen molar-refractivity contribution in [2.75, 3.05) is 45.9 Å². The monoisotopic (exact) mass is 1960 g/mol. The number of hydrogen-bond acceptors (Lipinski definition) is 23. The zero-order chi connectivity index (χ0) is 101. The van der Waals surface area contributed by atoms with Crippen LogP contribution in [0.3, 0.4) is 0 Å². The normalized spacial score (nSPS) is 15.8. The van der Waals surface area contributed by atoms with Gasteiger partial charge in [-0.25, -0.2) is 9.78 Å². The molecular weight excluding hydrogens is 1850 g/mol. The van der Waals surface area contributed by atoms with E-state index in [0.717, 1.165) is 200 Å². The first-order valence-corrected chi connectivity index (χ1v) is 49.7. The Labute approximate surface area is 853 Å². The summed E-state index contributed by atoms with van der Waals surface area (Å²) in [5.74, 6) is 8.34. The number of carbonyl (C=O) groups excluding carboxylic acids is 5. The van der Waals surface area contributed by atoms with Crippen molar-refractivity contribution < 1.29 is 93.9 Å². The number of aliphatic hydroxyl groups excluding tert-OH is 1. The van der Waals surface area contributed by atoms with E-state index in [0.29, 0.717) is 71.6 Å². The summed E-state index contributed by atoms with van der Waals surface area (Å²) >= 11 is 0. The molecule has 10 aromatic carbocycles. The van der Waals surface area contributed by atoms with Gasteiger partial charge in [-0.05, 0) is 307 Å². The van der Waals surface area contributed by atoms with Gasteiger partial charge in [0.2, 0.25) is 39.9 Å². The number of amides is 1. The number of aromatic nitrogens is 5. The average molecular weight is 1970 g/mol. The van der Waals surface area contributed by atoms with Gasteiger partial charge in [0, 0.05) is 79.1 Å². The largest absolute Gasteiger partial charge is 0.494 e. The predicted octanol–water partition coefficient (Wildman–Crippen LogP) is 22.7. The summed E-state index contributed by atoms with van der Waals surface area (Å²) < 4.78 is 59.9. The highest BCUT2D eigenvalue weighted by molar-refractivity contribution is 6.02. The van der Waals surface area contributed by atoms with Crippen molar-refractivity contribution >= 4 is 40.8 Å². The molecule has 0 unspecified atom stereocenters. The standard InChI is InChI=1S/C25H23NO4.C25H23NO3.C24H22N2O3.C24H19NO5.C24H21NO4.2H2/c1-2-28-20-7-3-5-17(13-20)21-8-4-6-19(26-21)15-24(27)25(11-12-25)18-9-10-22-23(14-18)30-16-29-22;1-16-6-8-20(17(2)12-16)21-5-3-4-19(26-21)14-24(27)25(10-11-25)18-7-9-22-23(13-18)29-15-28-22;1-15-6-7-17(12-16(15)2)19-4-3-5-22(25-19)26-23(27)24(10-11-24)18-8-9-20-21(13-18)29-14-28-20;26-22(24(9-10-24)17-7-8-20-21(12-17)30-14-29-20)13-18-5-2-6-19(25-18)15-3-1-4-16(11-15)23(27)28;26-14-16-3-1-4-17(11-16)20-6-2-5-19(25-20)13-23(27)24(9-10-24)18-7-8-21-22(12-18)29-15-28-21;;/h3-10,13-14H,2,11-12,15-16H2,1H3;3-9,12-13H,10-11,14-15H2,1-2H3;3-9,12-13H,10-11,14H2,1-2H3,(H,25,26,27);1-8,11-12H,9-10,13-14H2,(H,27,28);1-8,11-12,26H,9-10,13-15H2;2*1H. The van der Waals surface area contributed by atoms with Crippen LogP contribution in [0.15, 0.2) is 291 Å². The van der Waals surface area contributed by atoms with E-state index in [1.807, 2.05) is 244 Å². The van der Waals surface area contributed by atoms with E-state index in [1.54, 1.807) is 18.2 Å². The first-order chi connectivity index (χ1) is 71.5. The molecule has 0 atom stereocenters. The Balaban J connectivity index is 0.000000117. The van der Waals surface area contributed by atoms with Crippen molar-refractivity contribution in [1.82, 2.24) is 24.9 Å². The van der Waals surface area contributed by atoms with Gasteiger partial charge in [-0.15, -0.1) is 0 Å². The second-order valence-corrected chi connectivity index (χ2v) is 38.9. The minimum Gasteiger partial charge on any atom is -0.494 e. The van der Waals surface area contributed by atoms with Crippen LogP contribution in [-0.4, -0.2) is 111 Å². The molecule has 744 valence electrons. The van der Waals surface area contributed by atoms with Crippen LogP contribution in [0.4, 0.5) is 5.82 Å². The SMILES string of the molecule is CCOc1cccc(-c2cccc(CC(=O)C3(c4ccc5c(c4)OCO5)CC3)n2)c1.Cc1ccc(-c2cccc(CC(=O)C3(c4ccc5c(c4)OCO5)CC3)n2)c(C)c1.Cc1ccc(-c2cccc(NC(=O)C3(c4ccc5c(c4)OCO5)CC3)n2)cc1C.O=C(Cc1cccc(-c2cccc(CO)c2)n1)C1(c2ccc3c(c2)OCO3)CC1.O=C(O)c1cccc(-c2cccc(CC(=O)C3(c4ccc5c(c4)OCO5)CC3)n2)c1.[HH].[HH]. The lowest BCUT2D eigenvalue weighted by atomic mass is 9.88. The van der Waals surface area contributed by atoms with E-state index < -0.39 is 33.0 Å². The molecule has 5 aliphatic heterocycles. The first-order valence-electron chi connectivity index (χ1n) is 49.7. The number of carboxylic acid groups (broad SMARTS) is 1. The van der Waals surface area contributed by atoms with E-state index in [1.165, 1.54) is 22.3 Å². The molecule has 5 fully saturated rings. The van der Waals surface area contributed by atoms with Crippen molar-refractivity contribution in [3.8, 4) is 120 Å². The van der Waals surface area contributed by atoms with Crippen molar-refractivity contribution in [3.63, 3.8) is 0 Å². The van der Waals surface area contributed by atoms with Gasteiger partial charge in [-0.1, -0.05) is 139 Å². The number of carboxylic acids is 1. The Kier molecular flexibility index (Phi) is 26.8. The summed E-state index contributed by atoms with van der Waals surface area (Å²) in [6, 6.07) is 92.5. The van der Waals surface area contributed by atoms with E-state index in [-0.39, 0.29) is 84.4 Å². The minimum atomic E-state index is -0.984. The molecule has 0 bridgehead atoms. The number of aromatic carboxylic acids is 1. The van der Waals surface area contributed by atoms with Crippen molar-refractivity contribution in [2.45, 2.75) is 158 Å². The van der Waals surface area contributed by atoms with Crippen molar-refractivity contribution in [3.05, 3.63) is 375 Å². The highest BCUT2D eigenvalue weighted by Crippen LogP contribution is 2.57. The van der Waals surface area contributed by atoms with E-state index in [9.17, 15) is 39.0 Å². The molecule has 0 spiro atoms. The van der Waals surface area contributed by atoms with Crippen molar-refractivity contribution in [1.29, 1.82) is 0 Å². The molecule has 5 saturated carbocycles. The van der Waals surface area contributed by atoms with Crippen LogP contribution < -0.4 is 57.4 Å². The Morgan fingerprint density at radius 2 is 0.667 bits per heavy atom. The summed E-state index contributed by atoms with van der Waals surface area (Å²) in [5, 5.41) is 21.6. The zero-order valence-electron chi connectivity index (χ0n) is 82.1. The topological polar surface area (TPSA) is 321 Å². The van der Waals surface area contributed by atoms with Crippen molar-refractivity contribution in [2.24, 2.45) is 0 Å². The lowest BCUT2D eigenvalue weighted by molar-refractivity contribution is -0.121. The fourth-order valence-corrected chi connectivity index (χ4v) is 19.9. The Bertz CT molecular complexity index is 7680. The smallest absolute Gasteiger partial charge is 0.335 e. The van der Waals surface area contributed by atoms with Crippen LogP contribution in [0.1, 0.15) is 163 Å². The van der Waals surface area contributed by atoms with Crippen LogP contribution in [0.25, 0.3) is 56.3 Å². The number of aryl methyl sites for hydroxylation is 4. The Morgan fingerprint density at radius 1 is 0.320 bits per heavy atom. The molecule has 0 radical (unpaired) electrons. The molecular formula is C122H112N6O19. The lowest BCUT2D eigenvalue weighted by Gasteiger charge is -2.16. The van der Waals surface area contributed by atoms with Crippen LogP contribution >= 0.6 is 0 Å². The molecule has 25 rings (SSSR count). The second-order valence-electron chi connectivity index (χ2n) is 38.9. The van der Waals surface area contributed by atoms with Gasteiger partial charge in [-0.3, -0.25) is 43.9 Å². The quantitative estimate of drug-likeness (QED) is 0.0410. The highest BCUT2D eigenvalue weighted by atomic mass is 16.7. The number of aliphatic hydroxyl groups is 1. The van der Waals surface area contributed by atoms with Gasteiger partial charge in [0.25, 0.3) is 0 Å². The Morgan fingerprint density at radius 3 is 1.05 bits per heavy atom. The number of hydrogen-bond donors (Lipinski definition) is 3. The van der Waals surface area contributed by atoms with Crippen LogP contribution in [0, 0.1) is 27.7 Å². The van der Waals surface area contributed by atoms with E-state index >= 15 is 0 Å².